The van der Waals surface area contributed by atoms with E-state index in [1.54, 1.807) is 0 Å². The molecule has 2 heteroatoms. The van der Waals surface area contributed by atoms with E-state index in [1.165, 1.54) is 44.6 Å². The summed E-state index contributed by atoms with van der Waals surface area (Å²) >= 11 is 6.74. The summed E-state index contributed by atoms with van der Waals surface area (Å²) in [6, 6.07) is 17.3. The molecule has 0 N–H and O–H groups in total. The summed E-state index contributed by atoms with van der Waals surface area (Å²) in [7, 11) is 0. The number of fused-ring (bicyclic) bond motifs is 5. The first-order valence-electron chi connectivity index (χ1n) is 7.46. The van der Waals surface area contributed by atoms with Crippen molar-refractivity contribution in [3.8, 4) is 0 Å². The number of benzene rings is 3. The zero-order valence-corrected chi connectivity index (χ0v) is 12.3. The normalized spacial score (nSPS) is 14.3. The Morgan fingerprint density at radius 2 is 1.57 bits per heavy atom. The Kier molecular flexibility index (Phi) is 2.23. The molecule has 5 rings (SSSR count). The molecule has 21 heavy (non-hydrogen) atoms. The van der Waals surface area contributed by atoms with Crippen molar-refractivity contribution in [1.82, 2.24) is 4.57 Å². The van der Waals surface area contributed by atoms with E-state index in [4.69, 9.17) is 11.6 Å². The summed E-state index contributed by atoms with van der Waals surface area (Å²) in [6.45, 7) is 1.09. The molecule has 3 aromatic carbocycles. The van der Waals surface area contributed by atoms with E-state index >= 15 is 0 Å². The molecule has 0 saturated heterocycles. The summed E-state index contributed by atoms with van der Waals surface area (Å²) in [4.78, 5) is 0. The van der Waals surface area contributed by atoms with Crippen LogP contribution in [-0.4, -0.2) is 4.57 Å². The molecule has 0 fully saturated rings. The van der Waals surface area contributed by atoms with E-state index < -0.39 is 0 Å². The molecule has 1 nitrogen and oxygen atoms in total. The summed E-state index contributed by atoms with van der Waals surface area (Å²) < 4.78 is 2.46. The Balaban J connectivity index is 2.21. The largest absolute Gasteiger partial charge is 0.340 e. The Bertz CT molecular complexity index is 1030. The quantitative estimate of drug-likeness (QED) is 0.400. The van der Waals surface area contributed by atoms with Crippen LogP contribution in [0.15, 0.2) is 48.5 Å². The molecule has 1 aliphatic heterocycles. The highest BCUT2D eigenvalue weighted by molar-refractivity contribution is 6.40. The zero-order valence-electron chi connectivity index (χ0n) is 11.6. The molecule has 0 bridgehead atoms. The molecule has 1 aliphatic rings. The van der Waals surface area contributed by atoms with Crippen LogP contribution in [0.3, 0.4) is 0 Å². The summed E-state index contributed by atoms with van der Waals surface area (Å²) in [5, 5.41) is 6.13. The van der Waals surface area contributed by atoms with Gasteiger partial charge in [0, 0.05) is 28.2 Å². The maximum absolute atomic E-state index is 6.74. The molecule has 102 valence electrons. The van der Waals surface area contributed by atoms with E-state index in [2.05, 4.69) is 53.1 Å². The number of rotatable bonds is 0. The van der Waals surface area contributed by atoms with Gasteiger partial charge < -0.3 is 4.57 Å². The van der Waals surface area contributed by atoms with E-state index in [1.807, 2.05) is 0 Å². The van der Waals surface area contributed by atoms with E-state index in [-0.39, 0.29) is 0 Å². The smallest absolute Gasteiger partial charge is 0.0545 e. The van der Waals surface area contributed by atoms with Gasteiger partial charge in [0.15, 0.2) is 0 Å². The Hall–Kier alpha value is -1.99. The van der Waals surface area contributed by atoms with Crippen LogP contribution >= 0.6 is 11.6 Å². The lowest BCUT2D eigenvalue weighted by atomic mass is 9.96. The third kappa shape index (κ3) is 1.37. The highest BCUT2D eigenvalue weighted by Gasteiger charge is 2.22. The van der Waals surface area contributed by atoms with E-state index in [0.29, 0.717) is 0 Å². The van der Waals surface area contributed by atoms with Crippen LogP contribution in [0.5, 0.6) is 0 Å². The maximum Gasteiger partial charge on any atom is 0.0545 e. The van der Waals surface area contributed by atoms with Crippen LogP contribution in [0, 0.1) is 0 Å². The van der Waals surface area contributed by atoms with Crippen LogP contribution in [0.4, 0.5) is 0 Å². The maximum atomic E-state index is 6.74. The second-order valence-electron chi connectivity index (χ2n) is 5.83. The number of halogens is 1. The van der Waals surface area contributed by atoms with Crippen molar-refractivity contribution in [2.45, 2.75) is 19.4 Å². The number of hydrogen-bond donors (Lipinski definition) is 0. The minimum atomic E-state index is 0.946. The van der Waals surface area contributed by atoms with Crippen molar-refractivity contribution in [2.75, 3.05) is 0 Å². The zero-order chi connectivity index (χ0) is 14.0. The lowest BCUT2D eigenvalue weighted by Crippen LogP contribution is -2.08. The van der Waals surface area contributed by atoms with Gasteiger partial charge in [0.25, 0.3) is 0 Å². The lowest BCUT2D eigenvalue weighted by molar-refractivity contribution is 0.652. The number of hydrogen-bond acceptors (Lipinski definition) is 0. The molecule has 0 saturated carbocycles. The van der Waals surface area contributed by atoms with Crippen molar-refractivity contribution in [3.63, 3.8) is 0 Å². The SMILES string of the molecule is Clc1c2c3c(c4ccccc14)c1ccccc1n3CCC2. The molecule has 0 radical (unpaired) electrons. The van der Waals surface area contributed by atoms with Crippen molar-refractivity contribution < 1.29 is 0 Å². The minimum Gasteiger partial charge on any atom is -0.340 e. The topological polar surface area (TPSA) is 4.93 Å². The van der Waals surface area contributed by atoms with Crippen LogP contribution < -0.4 is 0 Å². The molecule has 2 heterocycles. The van der Waals surface area contributed by atoms with Gasteiger partial charge in [-0.15, -0.1) is 0 Å². The van der Waals surface area contributed by atoms with Crippen LogP contribution in [0.2, 0.25) is 5.02 Å². The Morgan fingerprint density at radius 3 is 2.43 bits per heavy atom. The minimum absolute atomic E-state index is 0.946. The van der Waals surface area contributed by atoms with Crippen molar-refractivity contribution >= 4 is 44.2 Å². The predicted octanol–water partition coefficient (Wildman–Crippen LogP) is 5.55. The standard InChI is InChI=1S/C19H14ClN/c20-18-13-7-2-1-6-12(13)17-14-8-3-4-10-16(14)21-11-5-9-15(18)19(17)21/h1-4,6-8,10H,5,9,11H2. The van der Waals surface area contributed by atoms with Gasteiger partial charge in [-0.3, -0.25) is 0 Å². The second kappa shape index (κ2) is 4.02. The first kappa shape index (κ1) is 11.6. The molecule has 0 spiro atoms. The average Bonchev–Trinajstić information content (AvgIpc) is 2.88. The highest BCUT2D eigenvalue weighted by Crippen LogP contribution is 2.43. The molecular formula is C19H14ClN. The fourth-order valence-electron chi connectivity index (χ4n) is 3.92. The molecule has 0 atom stereocenters. The van der Waals surface area contributed by atoms with Gasteiger partial charge in [0.1, 0.15) is 0 Å². The number of para-hydroxylation sites is 1. The third-order valence-electron chi connectivity index (χ3n) is 4.76. The Morgan fingerprint density at radius 1 is 0.857 bits per heavy atom. The molecule has 1 aromatic heterocycles. The predicted molar refractivity (Wildman–Crippen MR) is 90.3 cm³/mol. The van der Waals surface area contributed by atoms with Gasteiger partial charge in [-0.2, -0.15) is 0 Å². The van der Waals surface area contributed by atoms with E-state index in [9.17, 15) is 0 Å². The summed E-state index contributed by atoms with van der Waals surface area (Å²) in [5.74, 6) is 0. The molecule has 0 aliphatic carbocycles. The third-order valence-corrected chi connectivity index (χ3v) is 5.19. The van der Waals surface area contributed by atoms with Crippen molar-refractivity contribution in [2.24, 2.45) is 0 Å². The van der Waals surface area contributed by atoms with Gasteiger partial charge in [-0.05, 0) is 29.9 Å². The Labute approximate surface area is 127 Å². The molecule has 4 aromatic rings. The first-order chi connectivity index (χ1) is 10.4. The number of nitrogens with zero attached hydrogens (tertiary/aromatic N) is 1. The first-order valence-corrected chi connectivity index (χ1v) is 7.84. The van der Waals surface area contributed by atoms with Gasteiger partial charge in [0.05, 0.1) is 10.5 Å². The van der Waals surface area contributed by atoms with Crippen LogP contribution in [-0.2, 0) is 13.0 Å². The molecular weight excluding hydrogens is 278 g/mol. The van der Waals surface area contributed by atoms with Gasteiger partial charge in [-0.1, -0.05) is 54.1 Å². The summed E-state index contributed by atoms with van der Waals surface area (Å²) in [5.41, 5.74) is 4.01. The number of aryl methyl sites for hydroxylation is 2. The fraction of sp³-hybridized carbons (Fsp3) is 0.158. The second-order valence-corrected chi connectivity index (χ2v) is 6.21. The van der Waals surface area contributed by atoms with Gasteiger partial charge >= 0.3 is 0 Å². The lowest BCUT2D eigenvalue weighted by Gasteiger charge is -2.19. The molecule has 0 unspecified atom stereocenters. The van der Waals surface area contributed by atoms with Gasteiger partial charge in [0.2, 0.25) is 0 Å². The fourth-order valence-corrected chi connectivity index (χ4v) is 4.27. The number of aromatic nitrogens is 1. The average molecular weight is 292 g/mol. The van der Waals surface area contributed by atoms with Crippen LogP contribution in [0.25, 0.3) is 32.6 Å². The van der Waals surface area contributed by atoms with Crippen LogP contribution in [0.1, 0.15) is 12.0 Å². The molecule has 0 amide bonds. The van der Waals surface area contributed by atoms with Crippen molar-refractivity contribution in [3.05, 3.63) is 59.1 Å². The van der Waals surface area contributed by atoms with Crippen molar-refractivity contribution in [1.29, 1.82) is 0 Å². The monoisotopic (exact) mass is 291 g/mol. The van der Waals surface area contributed by atoms with E-state index in [0.717, 1.165) is 18.0 Å². The summed E-state index contributed by atoms with van der Waals surface area (Å²) in [6.07, 6.45) is 2.25. The van der Waals surface area contributed by atoms with Gasteiger partial charge in [-0.25, -0.2) is 0 Å². The highest BCUT2D eigenvalue weighted by atomic mass is 35.5.